The van der Waals surface area contributed by atoms with Gasteiger partial charge in [-0.3, -0.25) is 9.88 Å². The summed E-state index contributed by atoms with van der Waals surface area (Å²) >= 11 is 0. The molecule has 2 aromatic carbocycles. The Labute approximate surface area is 127 Å². The van der Waals surface area contributed by atoms with Crippen LogP contribution in [0.15, 0.2) is 59.6 Å². The van der Waals surface area contributed by atoms with Crippen molar-refractivity contribution in [2.24, 2.45) is 10.7 Å². The summed E-state index contributed by atoms with van der Waals surface area (Å²) in [6.07, 6.45) is -0.385. The lowest BCUT2D eigenvalue weighted by Crippen LogP contribution is -2.30. The third-order valence-electron chi connectivity index (χ3n) is 3.46. The average Bonchev–Trinajstić information content (AvgIpc) is 2.91. The molecule has 1 aliphatic heterocycles. The Balaban J connectivity index is 1.83. The van der Waals surface area contributed by atoms with Gasteiger partial charge in [-0.2, -0.15) is 0 Å². The zero-order valence-corrected chi connectivity index (χ0v) is 11.7. The Bertz CT molecular complexity index is 928. The van der Waals surface area contributed by atoms with Crippen LogP contribution in [-0.4, -0.2) is 15.5 Å². The molecule has 0 aliphatic carbocycles. The van der Waals surface area contributed by atoms with Crippen molar-refractivity contribution in [3.05, 3.63) is 60.2 Å². The van der Waals surface area contributed by atoms with Gasteiger partial charge in [-0.1, -0.05) is 36.3 Å². The van der Waals surface area contributed by atoms with Crippen LogP contribution in [0.3, 0.4) is 0 Å². The van der Waals surface area contributed by atoms with Crippen LogP contribution in [0.4, 0.5) is 5.95 Å². The third-order valence-corrected chi connectivity index (χ3v) is 3.46. The number of hydrogen-bond acceptors (Lipinski definition) is 4. The van der Waals surface area contributed by atoms with E-state index in [4.69, 9.17) is 5.73 Å². The van der Waals surface area contributed by atoms with E-state index in [-0.39, 0.29) is 6.17 Å². The summed E-state index contributed by atoms with van der Waals surface area (Å²) in [4.78, 5) is 8.93. The van der Waals surface area contributed by atoms with Crippen LogP contribution in [0.2, 0.25) is 0 Å². The summed E-state index contributed by atoms with van der Waals surface area (Å²) in [5, 5.41) is 2.99. The lowest BCUT2D eigenvalue weighted by atomic mass is 10.2. The molecule has 1 aliphatic rings. The van der Waals surface area contributed by atoms with Crippen LogP contribution in [0.5, 0.6) is 0 Å². The number of nitrogens with one attached hydrogen (secondary N) is 1. The van der Waals surface area contributed by atoms with E-state index >= 15 is 0 Å². The molecule has 0 saturated heterocycles. The van der Waals surface area contributed by atoms with E-state index in [0.29, 0.717) is 11.9 Å². The maximum atomic E-state index is 5.85. The number of hydrogen-bond donors (Lipinski definition) is 2. The molecular weight excluding hydrogens is 274 g/mol. The van der Waals surface area contributed by atoms with Crippen molar-refractivity contribution in [3.8, 4) is 11.8 Å². The molecule has 5 heteroatoms. The Morgan fingerprint density at radius 3 is 2.68 bits per heavy atom. The Morgan fingerprint density at radius 1 is 1.05 bits per heavy atom. The molecule has 3 N–H and O–H groups in total. The smallest absolute Gasteiger partial charge is 0.213 e. The predicted octanol–water partition coefficient (Wildman–Crippen LogP) is 2.33. The van der Waals surface area contributed by atoms with Gasteiger partial charge in [0.15, 0.2) is 12.1 Å². The number of fused-ring (bicyclic) bond motifs is 3. The fourth-order valence-corrected chi connectivity index (χ4v) is 2.48. The highest BCUT2D eigenvalue weighted by Gasteiger charge is 2.21. The van der Waals surface area contributed by atoms with Crippen molar-refractivity contribution >= 4 is 22.9 Å². The lowest BCUT2D eigenvalue weighted by Gasteiger charge is -2.19. The first-order chi connectivity index (χ1) is 10.8. The fraction of sp³-hybridized carbons (Fsp3) is 0.0588. The second kappa shape index (κ2) is 4.93. The van der Waals surface area contributed by atoms with Crippen molar-refractivity contribution in [1.29, 1.82) is 0 Å². The van der Waals surface area contributed by atoms with Gasteiger partial charge in [0.2, 0.25) is 5.95 Å². The third kappa shape index (κ3) is 2.07. The standard InChI is InChI=1S/C17H13N5/c18-16-20-15(11-10-12-6-2-1-3-7-12)22-14-9-5-4-8-13(14)19-17(22)21-16/h1-9,15H,(H3,18,19,20,21). The van der Waals surface area contributed by atoms with E-state index in [1.165, 1.54) is 0 Å². The van der Waals surface area contributed by atoms with Crippen molar-refractivity contribution in [2.75, 3.05) is 5.32 Å². The fourth-order valence-electron chi connectivity index (χ4n) is 2.48. The summed E-state index contributed by atoms with van der Waals surface area (Å²) in [5.41, 5.74) is 8.66. The molecule has 0 saturated carbocycles. The molecule has 0 bridgehead atoms. The number of aromatic nitrogens is 2. The van der Waals surface area contributed by atoms with Gasteiger partial charge in [0, 0.05) is 5.56 Å². The largest absolute Gasteiger partial charge is 0.370 e. The lowest BCUT2D eigenvalue weighted by molar-refractivity contribution is 0.668. The quantitative estimate of drug-likeness (QED) is 0.623. The highest BCUT2D eigenvalue weighted by atomic mass is 15.4. The normalized spacial score (nSPS) is 16.2. The number of aliphatic imine (C=N–C) groups is 1. The van der Waals surface area contributed by atoms with E-state index in [9.17, 15) is 0 Å². The molecule has 0 spiro atoms. The summed E-state index contributed by atoms with van der Waals surface area (Å²) in [7, 11) is 0. The van der Waals surface area contributed by atoms with Crippen molar-refractivity contribution in [3.63, 3.8) is 0 Å². The zero-order chi connectivity index (χ0) is 14.9. The number of imidazole rings is 1. The zero-order valence-electron chi connectivity index (χ0n) is 11.7. The van der Waals surface area contributed by atoms with Gasteiger partial charge in [-0.15, -0.1) is 0 Å². The highest BCUT2D eigenvalue weighted by Crippen LogP contribution is 2.27. The monoisotopic (exact) mass is 287 g/mol. The van der Waals surface area contributed by atoms with Crippen LogP contribution < -0.4 is 11.1 Å². The molecule has 22 heavy (non-hydrogen) atoms. The summed E-state index contributed by atoms with van der Waals surface area (Å²) in [6, 6.07) is 17.7. The molecule has 1 atom stereocenters. The number of guanidine groups is 1. The first-order valence-corrected chi connectivity index (χ1v) is 6.95. The maximum Gasteiger partial charge on any atom is 0.213 e. The molecule has 0 amide bonds. The highest BCUT2D eigenvalue weighted by molar-refractivity contribution is 5.94. The van der Waals surface area contributed by atoms with Crippen LogP contribution >= 0.6 is 0 Å². The van der Waals surface area contributed by atoms with Gasteiger partial charge in [0.1, 0.15) is 0 Å². The van der Waals surface area contributed by atoms with E-state index in [0.717, 1.165) is 16.6 Å². The van der Waals surface area contributed by atoms with Gasteiger partial charge in [-0.25, -0.2) is 9.98 Å². The first-order valence-electron chi connectivity index (χ1n) is 6.95. The molecular formula is C17H13N5. The second-order valence-corrected chi connectivity index (χ2v) is 4.94. The second-order valence-electron chi connectivity index (χ2n) is 4.94. The molecule has 1 aromatic heterocycles. The van der Waals surface area contributed by atoms with E-state index in [2.05, 4.69) is 27.1 Å². The van der Waals surface area contributed by atoms with Crippen molar-refractivity contribution in [1.82, 2.24) is 9.55 Å². The minimum atomic E-state index is -0.385. The van der Waals surface area contributed by atoms with E-state index in [1.807, 2.05) is 59.2 Å². The molecule has 2 heterocycles. The Hall–Kier alpha value is -3.26. The first kappa shape index (κ1) is 12.5. The molecule has 1 unspecified atom stereocenters. The van der Waals surface area contributed by atoms with E-state index < -0.39 is 0 Å². The maximum absolute atomic E-state index is 5.85. The van der Waals surface area contributed by atoms with Gasteiger partial charge in [0.25, 0.3) is 0 Å². The number of nitrogens with zero attached hydrogens (tertiary/aromatic N) is 3. The Kier molecular flexibility index (Phi) is 2.80. The van der Waals surface area contributed by atoms with Gasteiger partial charge in [-0.05, 0) is 30.2 Å². The molecule has 0 fully saturated rings. The summed E-state index contributed by atoms with van der Waals surface area (Å²) in [6.45, 7) is 0. The molecule has 0 radical (unpaired) electrons. The molecule has 5 nitrogen and oxygen atoms in total. The Morgan fingerprint density at radius 2 is 1.82 bits per heavy atom. The molecule has 106 valence electrons. The van der Waals surface area contributed by atoms with Gasteiger partial charge >= 0.3 is 0 Å². The van der Waals surface area contributed by atoms with E-state index in [1.54, 1.807) is 0 Å². The summed E-state index contributed by atoms with van der Waals surface area (Å²) in [5.74, 6) is 7.31. The number of anilines is 1. The van der Waals surface area contributed by atoms with Gasteiger partial charge < -0.3 is 5.73 Å². The predicted molar refractivity (Wildman–Crippen MR) is 87.3 cm³/mol. The van der Waals surface area contributed by atoms with Crippen LogP contribution in [0.25, 0.3) is 11.0 Å². The number of nitrogens with two attached hydrogens (primary N) is 1. The number of benzene rings is 2. The SMILES string of the molecule is NC1=NC(C#Cc2ccccc2)n2c(nc3ccccc32)N1. The number of para-hydroxylation sites is 2. The van der Waals surface area contributed by atoms with Crippen molar-refractivity contribution in [2.45, 2.75) is 6.17 Å². The van der Waals surface area contributed by atoms with Crippen LogP contribution in [0, 0.1) is 11.8 Å². The van der Waals surface area contributed by atoms with Crippen LogP contribution in [0.1, 0.15) is 11.7 Å². The minimum Gasteiger partial charge on any atom is -0.370 e. The minimum absolute atomic E-state index is 0.329. The topological polar surface area (TPSA) is 68.2 Å². The molecule has 3 aromatic rings. The van der Waals surface area contributed by atoms with Crippen molar-refractivity contribution < 1.29 is 0 Å². The summed E-state index contributed by atoms with van der Waals surface area (Å²) < 4.78 is 1.96. The molecule has 4 rings (SSSR count). The van der Waals surface area contributed by atoms with Gasteiger partial charge in [0.05, 0.1) is 11.0 Å². The average molecular weight is 287 g/mol. The number of rotatable bonds is 0. The van der Waals surface area contributed by atoms with Crippen LogP contribution in [-0.2, 0) is 0 Å².